The molecule has 0 unspecified atom stereocenters. The molecule has 3 aromatic carbocycles. The van der Waals surface area contributed by atoms with E-state index in [2.05, 4.69) is 5.32 Å². The molecule has 0 bridgehead atoms. The zero-order valence-electron chi connectivity index (χ0n) is 16.9. The highest BCUT2D eigenvalue weighted by atomic mass is 19.1. The fraction of sp³-hybridized carbons (Fsp3) is 0.120. The number of halogens is 1. The normalized spacial score (nSPS) is 10.8. The van der Waals surface area contributed by atoms with Crippen molar-refractivity contribution >= 4 is 11.6 Å². The topological polar surface area (TPSA) is 46.9 Å². The Bertz CT molecular complexity index is 1180. The van der Waals surface area contributed by atoms with Gasteiger partial charge in [-0.2, -0.15) is 5.10 Å². The maximum atomic E-state index is 13.4. The zero-order chi connectivity index (χ0) is 21.1. The first-order valence-electron chi connectivity index (χ1n) is 9.75. The summed E-state index contributed by atoms with van der Waals surface area (Å²) in [6, 6.07) is 22.2. The highest BCUT2D eigenvalue weighted by Crippen LogP contribution is 2.25. The molecule has 150 valence electrons. The first-order valence-corrected chi connectivity index (χ1v) is 9.75. The Hall–Kier alpha value is -3.73. The van der Waals surface area contributed by atoms with Gasteiger partial charge < -0.3 is 5.32 Å². The van der Waals surface area contributed by atoms with Gasteiger partial charge in [0, 0.05) is 17.4 Å². The van der Waals surface area contributed by atoms with Crippen molar-refractivity contribution in [3.05, 3.63) is 107 Å². The maximum absolute atomic E-state index is 13.4. The fourth-order valence-electron chi connectivity index (χ4n) is 3.32. The van der Waals surface area contributed by atoms with E-state index in [9.17, 15) is 9.18 Å². The summed E-state index contributed by atoms with van der Waals surface area (Å²) in [5.41, 5.74) is 5.42. The third-order valence-corrected chi connectivity index (χ3v) is 4.96. The van der Waals surface area contributed by atoms with Crippen LogP contribution >= 0.6 is 0 Å². The second-order valence-corrected chi connectivity index (χ2v) is 7.35. The van der Waals surface area contributed by atoms with Crippen LogP contribution in [0.2, 0.25) is 0 Å². The third-order valence-electron chi connectivity index (χ3n) is 4.96. The van der Waals surface area contributed by atoms with E-state index in [1.807, 2.05) is 61.5 Å². The van der Waals surface area contributed by atoms with Crippen molar-refractivity contribution in [3.8, 4) is 11.3 Å². The quantitative estimate of drug-likeness (QED) is 0.474. The highest BCUT2D eigenvalue weighted by molar-refractivity contribution is 6.08. The molecule has 4 rings (SSSR count). The van der Waals surface area contributed by atoms with E-state index in [0.29, 0.717) is 29.1 Å². The van der Waals surface area contributed by atoms with E-state index >= 15 is 0 Å². The second-order valence-electron chi connectivity index (χ2n) is 7.35. The number of aryl methyl sites for hydroxylation is 2. The summed E-state index contributed by atoms with van der Waals surface area (Å²) in [7, 11) is 0. The van der Waals surface area contributed by atoms with Gasteiger partial charge in [0.05, 0.1) is 12.1 Å². The highest BCUT2D eigenvalue weighted by Gasteiger charge is 2.19. The summed E-state index contributed by atoms with van der Waals surface area (Å²) in [6.45, 7) is 4.34. The SMILES string of the molecule is Cc1ccc(-c2nn(Cc3ccccc3)cc2C(=O)Nc2ccc(F)cc2C)cc1. The number of hydrogen-bond donors (Lipinski definition) is 1. The Kier molecular flexibility index (Phi) is 5.44. The lowest BCUT2D eigenvalue weighted by Crippen LogP contribution is -2.13. The Morgan fingerprint density at radius 1 is 1.00 bits per heavy atom. The summed E-state index contributed by atoms with van der Waals surface area (Å²) in [5.74, 6) is -0.610. The number of aromatic nitrogens is 2. The molecule has 0 saturated carbocycles. The van der Waals surface area contributed by atoms with Gasteiger partial charge in [-0.3, -0.25) is 9.48 Å². The van der Waals surface area contributed by atoms with Gasteiger partial charge in [-0.1, -0.05) is 60.2 Å². The molecule has 1 aromatic heterocycles. The predicted molar refractivity (Wildman–Crippen MR) is 117 cm³/mol. The van der Waals surface area contributed by atoms with Crippen LogP contribution in [0.15, 0.2) is 79.0 Å². The lowest BCUT2D eigenvalue weighted by atomic mass is 10.1. The molecule has 1 N–H and O–H groups in total. The van der Waals surface area contributed by atoms with Crippen LogP contribution in [0.5, 0.6) is 0 Å². The number of rotatable bonds is 5. The van der Waals surface area contributed by atoms with Crippen LogP contribution in [0.4, 0.5) is 10.1 Å². The molecule has 0 radical (unpaired) electrons. The number of nitrogens with zero attached hydrogens (tertiary/aromatic N) is 2. The molecule has 0 atom stereocenters. The maximum Gasteiger partial charge on any atom is 0.259 e. The monoisotopic (exact) mass is 399 g/mol. The summed E-state index contributed by atoms with van der Waals surface area (Å²) in [5, 5.41) is 7.59. The van der Waals surface area contributed by atoms with Crippen molar-refractivity contribution < 1.29 is 9.18 Å². The number of carbonyl (C=O) groups excluding carboxylic acids is 1. The first-order chi connectivity index (χ1) is 14.5. The van der Waals surface area contributed by atoms with E-state index in [0.717, 1.165) is 16.7 Å². The van der Waals surface area contributed by atoms with Crippen molar-refractivity contribution in [1.82, 2.24) is 9.78 Å². The molecule has 1 heterocycles. The molecule has 4 nitrogen and oxygen atoms in total. The van der Waals surface area contributed by atoms with Crippen LogP contribution in [-0.2, 0) is 6.54 Å². The third kappa shape index (κ3) is 4.30. The number of nitrogens with one attached hydrogen (secondary N) is 1. The van der Waals surface area contributed by atoms with Gasteiger partial charge in [0.25, 0.3) is 5.91 Å². The minimum Gasteiger partial charge on any atom is -0.322 e. The van der Waals surface area contributed by atoms with E-state index < -0.39 is 0 Å². The summed E-state index contributed by atoms with van der Waals surface area (Å²) in [4.78, 5) is 13.1. The average Bonchev–Trinajstić information content (AvgIpc) is 3.15. The minimum absolute atomic E-state index is 0.278. The summed E-state index contributed by atoms with van der Waals surface area (Å²) < 4.78 is 15.2. The lowest BCUT2D eigenvalue weighted by molar-refractivity contribution is 0.102. The van der Waals surface area contributed by atoms with Crippen LogP contribution < -0.4 is 5.32 Å². The zero-order valence-corrected chi connectivity index (χ0v) is 16.9. The molecular weight excluding hydrogens is 377 g/mol. The summed E-state index contributed by atoms with van der Waals surface area (Å²) >= 11 is 0. The molecule has 0 aliphatic heterocycles. The van der Waals surface area contributed by atoms with Crippen molar-refractivity contribution in [2.45, 2.75) is 20.4 Å². The average molecular weight is 399 g/mol. The Balaban J connectivity index is 1.70. The van der Waals surface area contributed by atoms with Crippen molar-refractivity contribution in [3.63, 3.8) is 0 Å². The van der Waals surface area contributed by atoms with E-state index in [1.54, 1.807) is 23.9 Å². The van der Waals surface area contributed by atoms with Crippen LogP contribution in [0.25, 0.3) is 11.3 Å². The molecule has 30 heavy (non-hydrogen) atoms. The van der Waals surface area contributed by atoms with Crippen LogP contribution in [0, 0.1) is 19.7 Å². The number of amides is 1. The Morgan fingerprint density at radius 3 is 2.43 bits per heavy atom. The van der Waals surface area contributed by atoms with Gasteiger partial charge in [0.2, 0.25) is 0 Å². The number of benzene rings is 3. The number of anilines is 1. The van der Waals surface area contributed by atoms with E-state index in [-0.39, 0.29) is 11.7 Å². The number of hydrogen-bond acceptors (Lipinski definition) is 2. The molecular formula is C25H22FN3O. The Morgan fingerprint density at radius 2 is 1.73 bits per heavy atom. The first kappa shape index (κ1) is 19.6. The van der Waals surface area contributed by atoms with Gasteiger partial charge in [0.1, 0.15) is 11.5 Å². The molecule has 1 amide bonds. The molecule has 0 spiro atoms. The van der Waals surface area contributed by atoms with Gasteiger partial charge >= 0.3 is 0 Å². The van der Waals surface area contributed by atoms with E-state index in [4.69, 9.17) is 5.10 Å². The van der Waals surface area contributed by atoms with Crippen molar-refractivity contribution in [2.75, 3.05) is 5.32 Å². The molecule has 0 aliphatic carbocycles. The van der Waals surface area contributed by atoms with Crippen molar-refractivity contribution in [2.24, 2.45) is 0 Å². The predicted octanol–water partition coefficient (Wildman–Crippen LogP) is 5.61. The summed E-state index contributed by atoms with van der Waals surface area (Å²) in [6.07, 6.45) is 1.76. The fourth-order valence-corrected chi connectivity index (χ4v) is 3.32. The number of carbonyl (C=O) groups is 1. The molecule has 4 aromatic rings. The van der Waals surface area contributed by atoms with E-state index in [1.165, 1.54) is 12.1 Å². The van der Waals surface area contributed by atoms with Crippen LogP contribution in [0.1, 0.15) is 27.0 Å². The van der Waals surface area contributed by atoms with Gasteiger partial charge in [-0.15, -0.1) is 0 Å². The van der Waals surface area contributed by atoms with Crippen molar-refractivity contribution in [1.29, 1.82) is 0 Å². The second kappa shape index (κ2) is 8.33. The van der Waals surface area contributed by atoms with Gasteiger partial charge in [-0.25, -0.2) is 4.39 Å². The van der Waals surface area contributed by atoms with Gasteiger partial charge in [0.15, 0.2) is 0 Å². The van der Waals surface area contributed by atoms with Gasteiger partial charge in [-0.05, 0) is 43.2 Å². The smallest absolute Gasteiger partial charge is 0.259 e. The molecule has 0 aliphatic rings. The molecule has 0 saturated heterocycles. The standard InChI is InChI=1S/C25H22FN3O/c1-17-8-10-20(11-9-17)24-22(16-29(28-24)15-19-6-4-3-5-7-19)25(30)27-23-13-12-21(26)14-18(23)2/h3-14,16H,15H2,1-2H3,(H,27,30). The van der Waals surface area contributed by atoms with Crippen LogP contribution in [-0.4, -0.2) is 15.7 Å². The Labute approximate surface area is 175 Å². The molecule has 5 heteroatoms. The largest absolute Gasteiger partial charge is 0.322 e. The lowest BCUT2D eigenvalue weighted by Gasteiger charge is -2.08. The van der Waals surface area contributed by atoms with Crippen LogP contribution in [0.3, 0.4) is 0 Å². The molecule has 0 fully saturated rings. The minimum atomic E-state index is -0.332.